The lowest BCUT2D eigenvalue weighted by Crippen LogP contribution is -2.32. The first-order valence-electron chi connectivity index (χ1n) is 9.20. The summed E-state index contributed by atoms with van der Waals surface area (Å²) in [6.45, 7) is 2.06. The van der Waals surface area contributed by atoms with Gasteiger partial charge in [0.2, 0.25) is 11.9 Å². The number of halogens is 2. The fourth-order valence-electron chi connectivity index (χ4n) is 3.25. The molecule has 0 atom stereocenters. The molecule has 0 spiro atoms. The Hall–Kier alpha value is -1.44. The molecule has 1 aromatic heterocycles. The number of para-hydroxylation sites is 1. The minimum atomic E-state index is -0.167. The number of benzene rings is 1. The third kappa shape index (κ3) is 4.36. The van der Waals surface area contributed by atoms with E-state index in [0.717, 1.165) is 37.0 Å². The SMILES string of the molecule is O=C(CSc1nnc(N2CCCCC2)n1C1CC1)Nc1c(Cl)cccc1Cl. The van der Waals surface area contributed by atoms with Gasteiger partial charge in [0.1, 0.15) is 0 Å². The number of aromatic nitrogens is 3. The highest BCUT2D eigenvalue weighted by atomic mass is 35.5. The quantitative estimate of drug-likeness (QED) is 0.682. The molecule has 1 aliphatic heterocycles. The van der Waals surface area contributed by atoms with Gasteiger partial charge >= 0.3 is 0 Å². The van der Waals surface area contributed by atoms with Crippen LogP contribution in [0.5, 0.6) is 0 Å². The third-order valence-corrected chi connectivity index (χ3v) is 6.33. The van der Waals surface area contributed by atoms with Crippen molar-refractivity contribution in [2.24, 2.45) is 0 Å². The molecule has 2 fully saturated rings. The van der Waals surface area contributed by atoms with Crippen LogP contribution in [0.25, 0.3) is 0 Å². The first kappa shape index (κ1) is 18.9. The zero-order valence-electron chi connectivity index (χ0n) is 14.8. The molecule has 9 heteroatoms. The molecule has 1 saturated carbocycles. The van der Waals surface area contributed by atoms with Crippen molar-refractivity contribution in [2.75, 3.05) is 29.1 Å². The van der Waals surface area contributed by atoms with Gasteiger partial charge in [-0.3, -0.25) is 9.36 Å². The van der Waals surface area contributed by atoms with Crippen molar-refractivity contribution in [2.45, 2.75) is 43.3 Å². The number of anilines is 2. The van der Waals surface area contributed by atoms with Gasteiger partial charge in [0, 0.05) is 19.1 Å². The van der Waals surface area contributed by atoms with Crippen LogP contribution in [-0.4, -0.2) is 39.5 Å². The molecule has 0 bridgehead atoms. The van der Waals surface area contributed by atoms with E-state index in [2.05, 4.69) is 25.0 Å². The number of amides is 1. The van der Waals surface area contributed by atoms with E-state index < -0.39 is 0 Å². The summed E-state index contributed by atoms with van der Waals surface area (Å²) in [7, 11) is 0. The normalized spacial score (nSPS) is 17.2. The predicted molar refractivity (Wildman–Crippen MR) is 110 cm³/mol. The molecule has 1 N–H and O–H groups in total. The van der Waals surface area contributed by atoms with Crippen LogP contribution in [0.2, 0.25) is 10.0 Å². The number of carbonyl (C=O) groups excluding carboxylic acids is 1. The van der Waals surface area contributed by atoms with Crippen LogP contribution in [0.15, 0.2) is 23.4 Å². The van der Waals surface area contributed by atoms with Crippen LogP contribution >= 0.6 is 35.0 Å². The van der Waals surface area contributed by atoms with Crippen molar-refractivity contribution in [1.82, 2.24) is 14.8 Å². The number of nitrogens with one attached hydrogen (secondary N) is 1. The molecule has 1 amide bonds. The third-order valence-electron chi connectivity index (χ3n) is 4.76. The smallest absolute Gasteiger partial charge is 0.234 e. The van der Waals surface area contributed by atoms with Crippen molar-refractivity contribution in [3.8, 4) is 0 Å². The van der Waals surface area contributed by atoms with Crippen molar-refractivity contribution < 1.29 is 4.79 Å². The molecular weight excluding hydrogens is 405 g/mol. The van der Waals surface area contributed by atoms with Gasteiger partial charge in [0.05, 0.1) is 21.5 Å². The topological polar surface area (TPSA) is 63.1 Å². The van der Waals surface area contributed by atoms with E-state index in [4.69, 9.17) is 23.2 Å². The number of piperidine rings is 1. The molecule has 27 heavy (non-hydrogen) atoms. The van der Waals surface area contributed by atoms with E-state index in [1.54, 1.807) is 18.2 Å². The molecule has 1 aromatic carbocycles. The van der Waals surface area contributed by atoms with Gasteiger partial charge in [-0.15, -0.1) is 10.2 Å². The van der Waals surface area contributed by atoms with Crippen LogP contribution in [0.4, 0.5) is 11.6 Å². The van der Waals surface area contributed by atoms with Crippen LogP contribution < -0.4 is 10.2 Å². The number of carbonyl (C=O) groups is 1. The van der Waals surface area contributed by atoms with Gasteiger partial charge in [0.25, 0.3) is 0 Å². The maximum atomic E-state index is 12.4. The molecule has 144 valence electrons. The molecule has 2 aliphatic rings. The van der Waals surface area contributed by atoms with Crippen LogP contribution in [0.3, 0.4) is 0 Å². The summed E-state index contributed by atoms with van der Waals surface area (Å²) in [6.07, 6.45) is 5.96. The molecule has 2 aromatic rings. The lowest BCUT2D eigenvalue weighted by molar-refractivity contribution is -0.113. The maximum absolute atomic E-state index is 12.4. The Kier molecular flexibility index (Phi) is 5.80. The second-order valence-electron chi connectivity index (χ2n) is 6.86. The number of nitrogens with zero attached hydrogens (tertiary/aromatic N) is 4. The largest absolute Gasteiger partial charge is 0.341 e. The monoisotopic (exact) mass is 425 g/mol. The Morgan fingerprint density at radius 2 is 1.85 bits per heavy atom. The summed E-state index contributed by atoms with van der Waals surface area (Å²) in [4.78, 5) is 14.7. The molecular formula is C18H21Cl2N5OS. The standard InChI is InChI=1S/C18H21Cl2N5OS/c19-13-5-4-6-14(20)16(13)21-15(26)11-27-18-23-22-17(25(18)12-7-8-12)24-9-2-1-3-10-24/h4-6,12H,1-3,7-11H2,(H,21,26). The number of thioether (sulfide) groups is 1. The van der Waals surface area contributed by atoms with Gasteiger partial charge in [-0.05, 0) is 44.2 Å². The minimum Gasteiger partial charge on any atom is -0.341 e. The summed E-state index contributed by atoms with van der Waals surface area (Å²) in [5.41, 5.74) is 0.448. The maximum Gasteiger partial charge on any atom is 0.234 e. The summed E-state index contributed by atoms with van der Waals surface area (Å²) in [5.74, 6) is 1.01. The Bertz CT molecular complexity index is 813. The van der Waals surface area contributed by atoms with E-state index >= 15 is 0 Å². The van der Waals surface area contributed by atoms with Crippen LogP contribution in [-0.2, 0) is 4.79 Å². The van der Waals surface area contributed by atoms with E-state index in [0.29, 0.717) is 21.8 Å². The first-order chi connectivity index (χ1) is 13.1. The molecule has 0 radical (unpaired) electrons. The number of rotatable bonds is 6. The summed E-state index contributed by atoms with van der Waals surface area (Å²) >= 11 is 13.6. The second-order valence-corrected chi connectivity index (χ2v) is 8.62. The van der Waals surface area contributed by atoms with Crippen LogP contribution in [0, 0.1) is 0 Å². The van der Waals surface area contributed by atoms with Crippen LogP contribution in [0.1, 0.15) is 38.1 Å². The summed E-state index contributed by atoms with van der Waals surface area (Å²) < 4.78 is 2.21. The molecule has 1 saturated heterocycles. The van der Waals surface area contributed by atoms with Crippen molar-refractivity contribution in [3.63, 3.8) is 0 Å². The number of hydrogen-bond acceptors (Lipinski definition) is 5. The average Bonchev–Trinajstić information content (AvgIpc) is 3.43. The second kappa shape index (κ2) is 8.29. The summed E-state index contributed by atoms with van der Waals surface area (Å²) in [5, 5.41) is 13.3. The van der Waals surface area contributed by atoms with Gasteiger partial charge in [0.15, 0.2) is 5.16 Å². The highest BCUT2D eigenvalue weighted by molar-refractivity contribution is 7.99. The van der Waals surface area contributed by atoms with Crippen molar-refractivity contribution in [3.05, 3.63) is 28.2 Å². The highest BCUT2D eigenvalue weighted by Crippen LogP contribution is 2.41. The molecule has 1 aliphatic carbocycles. The number of hydrogen-bond donors (Lipinski definition) is 1. The van der Waals surface area contributed by atoms with E-state index in [1.165, 1.54) is 31.0 Å². The van der Waals surface area contributed by atoms with Gasteiger partial charge in [-0.25, -0.2) is 0 Å². The Morgan fingerprint density at radius 3 is 2.52 bits per heavy atom. The molecule has 2 heterocycles. The van der Waals surface area contributed by atoms with E-state index in [9.17, 15) is 4.79 Å². The van der Waals surface area contributed by atoms with Gasteiger partial charge < -0.3 is 10.2 Å². The lowest BCUT2D eigenvalue weighted by atomic mass is 10.1. The van der Waals surface area contributed by atoms with E-state index in [1.807, 2.05) is 0 Å². The fraction of sp³-hybridized carbons (Fsp3) is 0.500. The fourth-order valence-corrected chi connectivity index (χ4v) is 4.55. The van der Waals surface area contributed by atoms with Crippen molar-refractivity contribution >= 4 is 52.5 Å². The Balaban J connectivity index is 1.43. The highest BCUT2D eigenvalue weighted by Gasteiger charge is 2.32. The summed E-state index contributed by atoms with van der Waals surface area (Å²) in [6, 6.07) is 5.60. The first-order valence-corrected chi connectivity index (χ1v) is 10.9. The minimum absolute atomic E-state index is 0.167. The molecule has 0 unspecified atom stereocenters. The Labute approximate surface area is 172 Å². The lowest BCUT2D eigenvalue weighted by Gasteiger charge is -2.27. The average molecular weight is 426 g/mol. The molecule has 6 nitrogen and oxygen atoms in total. The zero-order valence-corrected chi connectivity index (χ0v) is 17.2. The van der Waals surface area contributed by atoms with E-state index in [-0.39, 0.29) is 11.7 Å². The zero-order chi connectivity index (χ0) is 18.8. The van der Waals surface area contributed by atoms with Gasteiger partial charge in [-0.1, -0.05) is 41.0 Å². The predicted octanol–water partition coefficient (Wildman–Crippen LogP) is 4.64. The van der Waals surface area contributed by atoms with Gasteiger partial charge in [-0.2, -0.15) is 0 Å². The molecule has 4 rings (SSSR count). The Morgan fingerprint density at radius 1 is 1.15 bits per heavy atom. The van der Waals surface area contributed by atoms with Crippen molar-refractivity contribution in [1.29, 1.82) is 0 Å².